The van der Waals surface area contributed by atoms with Crippen molar-refractivity contribution in [1.82, 2.24) is 9.13 Å². The number of benzene rings is 11. The third-order valence-electron chi connectivity index (χ3n) is 15.9. The lowest BCUT2D eigenvalue weighted by atomic mass is 9.90. The number of nitriles is 1. The number of aromatic nitrogens is 2. The minimum absolute atomic E-state index is 0.547. The van der Waals surface area contributed by atoms with Gasteiger partial charge in [-0.2, -0.15) is 5.26 Å². The smallest absolute Gasteiger partial charge is 0.188 e. The van der Waals surface area contributed by atoms with Crippen LogP contribution in [-0.4, -0.2) is 9.13 Å². The first-order valence-corrected chi connectivity index (χ1v) is 26.2. The molecule has 4 heteroatoms. The van der Waals surface area contributed by atoms with Gasteiger partial charge in [-0.15, -0.1) is 0 Å². The molecule has 4 nitrogen and oxygen atoms in total. The number of fused-ring (bicyclic) bond motifs is 6. The van der Waals surface area contributed by atoms with Crippen LogP contribution in [0.15, 0.2) is 224 Å². The molecule has 77 heavy (non-hydrogen) atoms. The van der Waals surface area contributed by atoms with Gasteiger partial charge < -0.3 is 9.13 Å². The molecule has 364 valence electrons. The number of hydrogen-bond acceptors (Lipinski definition) is 1. The van der Waals surface area contributed by atoms with Crippen LogP contribution in [0, 0.1) is 52.5 Å². The Hall–Kier alpha value is -10.0. The zero-order chi connectivity index (χ0) is 52.5. The average molecular weight is 985 g/mol. The third-order valence-corrected chi connectivity index (χ3v) is 15.9. The van der Waals surface area contributed by atoms with Gasteiger partial charge in [0, 0.05) is 27.2 Å². The van der Waals surface area contributed by atoms with E-state index in [2.05, 4.69) is 261 Å². The zero-order valence-electron chi connectivity index (χ0n) is 43.7. The third kappa shape index (κ3) is 7.90. The van der Waals surface area contributed by atoms with Gasteiger partial charge in [0.2, 0.25) is 0 Å². The predicted molar refractivity (Wildman–Crippen MR) is 322 cm³/mol. The number of hydrogen-bond donors (Lipinski definition) is 0. The molecule has 0 unspecified atom stereocenters. The monoisotopic (exact) mass is 984 g/mol. The summed E-state index contributed by atoms with van der Waals surface area (Å²) in [6, 6.07) is 83.2. The summed E-state index contributed by atoms with van der Waals surface area (Å²) in [5.41, 5.74) is 26.8. The largest absolute Gasteiger partial charge is 0.309 e. The van der Waals surface area contributed by atoms with E-state index >= 15 is 0 Å². The Balaban J connectivity index is 1.10. The molecule has 11 aromatic carbocycles. The van der Waals surface area contributed by atoms with E-state index in [1.54, 1.807) is 0 Å². The van der Waals surface area contributed by atoms with Crippen molar-refractivity contribution in [3.05, 3.63) is 269 Å². The van der Waals surface area contributed by atoms with Gasteiger partial charge in [0.05, 0.1) is 46.0 Å². The number of aryl methyl sites for hydroxylation is 5. The molecule has 0 spiro atoms. The molecular weight excluding hydrogens is 933 g/mol. The van der Waals surface area contributed by atoms with E-state index in [0.29, 0.717) is 11.3 Å². The summed E-state index contributed by atoms with van der Waals surface area (Å²) in [5, 5.41) is 14.7. The van der Waals surface area contributed by atoms with Crippen molar-refractivity contribution in [2.45, 2.75) is 34.6 Å². The minimum atomic E-state index is 0.547. The van der Waals surface area contributed by atoms with E-state index < -0.39 is 0 Å². The maximum Gasteiger partial charge on any atom is 0.188 e. The first kappa shape index (κ1) is 46.8. The topological polar surface area (TPSA) is 38.0 Å². The molecule has 0 radical (unpaired) electrons. The van der Waals surface area contributed by atoms with Crippen LogP contribution >= 0.6 is 0 Å². The molecule has 0 aliphatic rings. The number of nitrogens with zero attached hydrogens (tertiary/aromatic N) is 4. The van der Waals surface area contributed by atoms with Crippen LogP contribution in [-0.2, 0) is 0 Å². The van der Waals surface area contributed by atoms with E-state index in [1.165, 1.54) is 66.4 Å². The van der Waals surface area contributed by atoms with Crippen molar-refractivity contribution in [3.63, 3.8) is 0 Å². The van der Waals surface area contributed by atoms with Crippen LogP contribution < -0.4 is 0 Å². The predicted octanol–water partition coefficient (Wildman–Crippen LogP) is 19.8. The second-order valence-electron chi connectivity index (χ2n) is 20.5. The van der Waals surface area contributed by atoms with Crippen LogP contribution in [0.2, 0.25) is 0 Å². The molecule has 0 saturated carbocycles. The highest BCUT2D eigenvalue weighted by molar-refractivity contribution is 6.14. The summed E-state index contributed by atoms with van der Waals surface area (Å²) >= 11 is 0. The Morgan fingerprint density at radius 2 is 0.753 bits per heavy atom. The summed E-state index contributed by atoms with van der Waals surface area (Å²) in [6.45, 7) is 19.3. The summed E-state index contributed by atoms with van der Waals surface area (Å²) in [4.78, 5) is 4.09. The minimum Gasteiger partial charge on any atom is -0.309 e. The van der Waals surface area contributed by atoms with Crippen LogP contribution in [0.1, 0.15) is 33.4 Å². The van der Waals surface area contributed by atoms with Gasteiger partial charge >= 0.3 is 0 Å². The molecule has 0 amide bonds. The van der Waals surface area contributed by atoms with E-state index in [4.69, 9.17) is 6.57 Å². The Morgan fingerprint density at radius 1 is 0.338 bits per heavy atom. The van der Waals surface area contributed by atoms with Gasteiger partial charge in [0.25, 0.3) is 0 Å². The Labute approximate surface area is 449 Å². The maximum atomic E-state index is 10.0. The molecule has 0 saturated heterocycles. The summed E-state index contributed by atoms with van der Waals surface area (Å²) in [5.74, 6) is 0. The van der Waals surface area contributed by atoms with Crippen LogP contribution in [0.25, 0.3) is 127 Å². The molecule has 13 aromatic rings. The quantitative estimate of drug-likeness (QED) is 0.140. The highest BCUT2D eigenvalue weighted by Gasteiger charge is 2.23. The van der Waals surface area contributed by atoms with Crippen molar-refractivity contribution in [3.8, 4) is 84.2 Å². The van der Waals surface area contributed by atoms with E-state index in [-0.39, 0.29) is 0 Å². The van der Waals surface area contributed by atoms with Crippen molar-refractivity contribution in [1.29, 1.82) is 5.26 Å². The second-order valence-corrected chi connectivity index (χ2v) is 20.5. The van der Waals surface area contributed by atoms with Crippen LogP contribution in [0.3, 0.4) is 0 Å². The molecule has 2 aromatic heterocycles. The summed E-state index contributed by atoms with van der Waals surface area (Å²) in [7, 11) is 0. The van der Waals surface area contributed by atoms with Gasteiger partial charge in [0.1, 0.15) is 0 Å². The molecule has 0 atom stereocenters. The standard InChI is InChI=1S/C73H52N4/c1-45-15-7-11-19-57(45)51-24-32-69-64(38-51)65-39-52(58-20-12-8-16-46(58)2)25-33-70(65)76(69)56-29-31-62(61-30-23-50(44-74)37-49(61)5)63(43-56)68-42-55(75-6)28-36-73(68)77-71-34-26-53(59-21-13-9-17-47(59)3)40-66(71)67-41-54(27-35-72(67)77)60-22-14-10-18-48(60)4/h7-43H,1-5H3. The highest BCUT2D eigenvalue weighted by Crippen LogP contribution is 2.46. The normalized spacial score (nSPS) is 11.4. The fourth-order valence-electron chi connectivity index (χ4n) is 12.0. The fraction of sp³-hybridized carbons (Fsp3) is 0.0685. The van der Waals surface area contributed by atoms with Crippen LogP contribution in [0.5, 0.6) is 0 Å². The van der Waals surface area contributed by atoms with E-state index in [0.717, 1.165) is 83.2 Å². The van der Waals surface area contributed by atoms with Gasteiger partial charge in [-0.3, -0.25) is 0 Å². The zero-order valence-corrected chi connectivity index (χ0v) is 43.7. The van der Waals surface area contributed by atoms with Crippen molar-refractivity contribution >= 4 is 49.3 Å². The lowest BCUT2D eigenvalue weighted by Gasteiger charge is -2.20. The van der Waals surface area contributed by atoms with Crippen LogP contribution in [0.4, 0.5) is 5.69 Å². The fourth-order valence-corrected chi connectivity index (χ4v) is 12.0. The molecule has 2 heterocycles. The lowest BCUT2D eigenvalue weighted by molar-refractivity contribution is 1.17. The molecule has 0 aliphatic heterocycles. The molecule has 0 N–H and O–H groups in total. The average Bonchev–Trinajstić information content (AvgIpc) is 4.04. The van der Waals surface area contributed by atoms with Crippen molar-refractivity contribution < 1.29 is 0 Å². The molecule has 13 rings (SSSR count). The highest BCUT2D eigenvalue weighted by atomic mass is 15.0. The first-order chi connectivity index (χ1) is 37.6. The molecule has 0 fully saturated rings. The van der Waals surface area contributed by atoms with E-state index in [9.17, 15) is 5.26 Å². The Bertz CT molecular complexity index is 4450. The molecular formula is C73H52N4. The van der Waals surface area contributed by atoms with Gasteiger partial charge in [-0.25, -0.2) is 4.85 Å². The SMILES string of the molecule is [C-]#[N+]c1ccc(-n2c3ccc(-c4ccccc4C)cc3c3cc(-c4ccccc4C)ccc32)c(-c2cc(-n3c4ccc(-c5ccccc5C)cc4c4cc(-c5ccccc5C)ccc43)ccc2-c2ccc(C#N)cc2C)c1. The molecule has 0 bridgehead atoms. The van der Waals surface area contributed by atoms with Gasteiger partial charge in [0.15, 0.2) is 5.69 Å². The van der Waals surface area contributed by atoms with Gasteiger partial charge in [-0.1, -0.05) is 140 Å². The lowest BCUT2D eigenvalue weighted by Crippen LogP contribution is -2.01. The molecule has 0 aliphatic carbocycles. The van der Waals surface area contributed by atoms with Gasteiger partial charge in [-0.05, 0) is 214 Å². The first-order valence-electron chi connectivity index (χ1n) is 26.2. The van der Waals surface area contributed by atoms with Crippen molar-refractivity contribution in [2.75, 3.05) is 0 Å². The maximum absolute atomic E-state index is 10.0. The Kier molecular flexibility index (Phi) is 11.4. The van der Waals surface area contributed by atoms with E-state index in [1.807, 2.05) is 18.2 Å². The Morgan fingerprint density at radius 3 is 1.16 bits per heavy atom. The number of rotatable bonds is 8. The second kappa shape index (κ2) is 18.7. The summed E-state index contributed by atoms with van der Waals surface area (Å²) in [6.07, 6.45) is 0. The summed E-state index contributed by atoms with van der Waals surface area (Å²) < 4.78 is 4.81. The van der Waals surface area contributed by atoms with Crippen molar-refractivity contribution in [2.24, 2.45) is 0 Å².